The molecular formula is C13H11ClFNO2. The van der Waals surface area contributed by atoms with Crippen molar-refractivity contribution < 1.29 is 13.6 Å². The lowest BCUT2D eigenvalue weighted by Gasteiger charge is -2.13. The van der Waals surface area contributed by atoms with Crippen LogP contribution in [-0.4, -0.2) is 5.91 Å². The number of carbonyl (C=O) groups is 1. The topological polar surface area (TPSA) is 42.2 Å². The number of hydrogen-bond acceptors (Lipinski definition) is 2. The second-order valence-electron chi connectivity index (χ2n) is 3.85. The van der Waals surface area contributed by atoms with Crippen LogP contribution in [-0.2, 0) is 0 Å². The lowest BCUT2D eigenvalue weighted by molar-refractivity contribution is 0.0912. The van der Waals surface area contributed by atoms with Crippen LogP contribution in [0.1, 0.15) is 29.1 Å². The molecule has 0 aliphatic rings. The summed E-state index contributed by atoms with van der Waals surface area (Å²) in [7, 11) is 0. The highest BCUT2D eigenvalue weighted by molar-refractivity contribution is 6.29. The number of carbonyl (C=O) groups excluding carboxylic acids is 1. The molecule has 0 radical (unpaired) electrons. The van der Waals surface area contributed by atoms with Gasteiger partial charge in [-0.3, -0.25) is 4.79 Å². The third kappa shape index (κ3) is 2.90. The second kappa shape index (κ2) is 5.23. The van der Waals surface area contributed by atoms with Crippen LogP contribution in [0.5, 0.6) is 0 Å². The Bertz CT molecular complexity index is 568. The van der Waals surface area contributed by atoms with Crippen molar-refractivity contribution in [3.05, 3.63) is 58.8 Å². The summed E-state index contributed by atoms with van der Waals surface area (Å²) in [5.41, 5.74) is 0.681. The van der Waals surface area contributed by atoms with E-state index >= 15 is 0 Å². The largest absolute Gasteiger partial charge is 0.440 e. The Hall–Kier alpha value is -1.81. The van der Waals surface area contributed by atoms with Gasteiger partial charge in [-0.1, -0.05) is 12.1 Å². The molecule has 2 aromatic rings. The standard InChI is InChI=1S/C13H11ClFNO2/c1-8(9-3-2-4-10(15)7-9)16-13(17)11-5-6-12(14)18-11/h2-8H,1H3,(H,16,17). The summed E-state index contributed by atoms with van der Waals surface area (Å²) in [6, 6.07) is 8.71. The molecular weight excluding hydrogens is 257 g/mol. The summed E-state index contributed by atoms with van der Waals surface area (Å²) in [6.07, 6.45) is 0. The van der Waals surface area contributed by atoms with Gasteiger partial charge < -0.3 is 9.73 Å². The molecule has 0 aliphatic carbocycles. The van der Waals surface area contributed by atoms with Gasteiger partial charge in [-0.25, -0.2) is 4.39 Å². The minimum absolute atomic E-state index is 0.128. The molecule has 1 atom stereocenters. The summed E-state index contributed by atoms with van der Waals surface area (Å²) in [6.45, 7) is 1.76. The number of benzene rings is 1. The Kier molecular flexibility index (Phi) is 3.67. The van der Waals surface area contributed by atoms with Gasteiger partial charge in [0.2, 0.25) is 0 Å². The molecule has 1 aromatic heterocycles. The van der Waals surface area contributed by atoms with Crippen LogP contribution in [0.25, 0.3) is 0 Å². The van der Waals surface area contributed by atoms with Crippen LogP contribution in [0, 0.1) is 5.82 Å². The molecule has 18 heavy (non-hydrogen) atoms. The van der Waals surface area contributed by atoms with Crippen LogP contribution in [0.3, 0.4) is 0 Å². The van der Waals surface area contributed by atoms with Gasteiger partial charge in [0.15, 0.2) is 11.0 Å². The lowest BCUT2D eigenvalue weighted by atomic mass is 10.1. The smallest absolute Gasteiger partial charge is 0.287 e. The Morgan fingerprint density at radius 1 is 1.39 bits per heavy atom. The molecule has 0 saturated carbocycles. The van der Waals surface area contributed by atoms with Crippen molar-refractivity contribution in [1.82, 2.24) is 5.32 Å². The molecule has 0 fully saturated rings. The van der Waals surface area contributed by atoms with E-state index in [-0.39, 0.29) is 22.8 Å². The first-order valence-electron chi connectivity index (χ1n) is 5.38. The fourth-order valence-corrected chi connectivity index (χ4v) is 1.71. The normalized spacial score (nSPS) is 12.2. The van der Waals surface area contributed by atoms with Gasteiger partial charge in [-0.2, -0.15) is 0 Å². The Labute approximate surface area is 109 Å². The molecule has 1 aromatic carbocycles. The molecule has 0 saturated heterocycles. The van der Waals surface area contributed by atoms with Crippen molar-refractivity contribution in [2.24, 2.45) is 0 Å². The number of halogens is 2. The highest BCUT2D eigenvalue weighted by atomic mass is 35.5. The predicted molar refractivity (Wildman–Crippen MR) is 66.0 cm³/mol. The lowest BCUT2D eigenvalue weighted by Crippen LogP contribution is -2.26. The van der Waals surface area contributed by atoms with Crippen LogP contribution in [0.15, 0.2) is 40.8 Å². The Balaban J connectivity index is 2.07. The summed E-state index contributed by atoms with van der Waals surface area (Å²) in [5.74, 6) is -0.600. The molecule has 0 bridgehead atoms. The van der Waals surface area contributed by atoms with Gasteiger partial charge in [-0.15, -0.1) is 0 Å². The average Bonchev–Trinajstić information content (AvgIpc) is 2.76. The van der Waals surface area contributed by atoms with Gasteiger partial charge in [0.05, 0.1) is 6.04 Å². The zero-order valence-corrected chi connectivity index (χ0v) is 10.4. The van der Waals surface area contributed by atoms with Crippen molar-refractivity contribution in [3.63, 3.8) is 0 Å². The van der Waals surface area contributed by atoms with Gasteiger partial charge in [0.1, 0.15) is 5.82 Å². The van der Waals surface area contributed by atoms with Gasteiger partial charge >= 0.3 is 0 Å². The predicted octanol–water partition coefficient (Wildman–Crippen LogP) is 3.56. The number of hydrogen-bond donors (Lipinski definition) is 1. The maximum absolute atomic E-state index is 13.0. The second-order valence-corrected chi connectivity index (χ2v) is 4.23. The van der Waals surface area contributed by atoms with E-state index in [9.17, 15) is 9.18 Å². The number of amides is 1. The van der Waals surface area contributed by atoms with Crippen LogP contribution in [0.2, 0.25) is 5.22 Å². The van der Waals surface area contributed by atoms with Crippen LogP contribution >= 0.6 is 11.6 Å². The van der Waals surface area contributed by atoms with Crippen molar-refractivity contribution in [1.29, 1.82) is 0 Å². The number of nitrogens with one attached hydrogen (secondary N) is 1. The first-order chi connectivity index (χ1) is 8.56. The molecule has 0 spiro atoms. The highest BCUT2D eigenvalue weighted by Crippen LogP contribution is 2.16. The van der Waals surface area contributed by atoms with E-state index in [1.165, 1.54) is 24.3 Å². The van der Waals surface area contributed by atoms with Crippen molar-refractivity contribution in [2.75, 3.05) is 0 Å². The summed E-state index contributed by atoms with van der Waals surface area (Å²) in [4.78, 5) is 11.8. The molecule has 1 heterocycles. The maximum atomic E-state index is 13.0. The minimum atomic E-state index is -0.390. The minimum Gasteiger partial charge on any atom is -0.440 e. The van der Waals surface area contributed by atoms with E-state index in [2.05, 4.69) is 5.32 Å². The molecule has 0 aliphatic heterocycles. The zero-order valence-electron chi connectivity index (χ0n) is 9.61. The van der Waals surface area contributed by atoms with Crippen molar-refractivity contribution in [2.45, 2.75) is 13.0 Å². The number of rotatable bonds is 3. The molecule has 3 nitrogen and oxygen atoms in total. The first-order valence-corrected chi connectivity index (χ1v) is 5.76. The SMILES string of the molecule is CC(NC(=O)c1ccc(Cl)o1)c1cccc(F)c1. The third-order valence-electron chi connectivity index (χ3n) is 2.49. The van der Waals surface area contributed by atoms with E-state index in [1.54, 1.807) is 19.1 Å². The van der Waals surface area contributed by atoms with E-state index in [4.69, 9.17) is 16.0 Å². The Morgan fingerprint density at radius 2 is 2.17 bits per heavy atom. The van der Waals surface area contributed by atoms with E-state index in [1.807, 2.05) is 0 Å². The summed E-state index contributed by atoms with van der Waals surface area (Å²) >= 11 is 5.58. The molecule has 1 N–H and O–H groups in total. The number of furan rings is 1. The molecule has 1 amide bonds. The van der Waals surface area contributed by atoms with Gasteiger partial charge in [-0.05, 0) is 48.4 Å². The zero-order chi connectivity index (χ0) is 13.1. The average molecular weight is 268 g/mol. The van der Waals surface area contributed by atoms with Crippen LogP contribution in [0.4, 0.5) is 4.39 Å². The summed E-state index contributed by atoms with van der Waals surface area (Å²) in [5, 5.41) is 2.85. The summed E-state index contributed by atoms with van der Waals surface area (Å²) < 4.78 is 18.0. The van der Waals surface area contributed by atoms with Gasteiger partial charge in [0.25, 0.3) is 5.91 Å². The Morgan fingerprint density at radius 3 is 2.78 bits per heavy atom. The monoisotopic (exact) mass is 267 g/mol. The maximum Gasteiger partial charge on any atom is 0.287 e. The fraction of sp³-hybridized carbons (Fsp3) is 0.154. The molecule has 5 heteroatoms. The molecule has 2 rings (SSSR count). The van der Waals surface area contributed by atoms with Crippen molar-refractivity contribution >= 4 is 17.5 Å². The quantitative estimate of drug-likeness (QED) is 0.924. The van der Waals surface area contributed by atoms with Gasteiger partial charge in [0, 0.05) is 0 Å². The molecule has 1 unspecified atom stereocenters. The van der Waals surface area contributed by atoms with Crippen LogP contribution < -0.4 is 5.32 Å². The fourth-order valence-electron chi connectivity index (χ4n) is 1.56. The van der Waals surface area contributed by atoms with E-state index < -0.39 is 5.91 Å². The third-order valence-corrected chi connectivity index (χ3v) is 2.70. The van der Waals surface area contributed by atoms with Crippen molar-refractivity contribution in [3.8, 4) is 0 Å². The van der Waals surface area contributed by atoms with E-state index in [0.29, 0.717) is 5.56 Å². The van der Waals surface area contributed by atoms with E-state index in [0.717, 1.165) is 0 Å². The first kappa shape index (κ1) is 12.6. The highest BCUT2D eigenvalue weighted by Gasteiger charge is 2.14. The molecule has 94 valence electrons.